The van der Waals surface area contributed by atoms with Gasteiger partial charge in [-0.25, -0.2) is 4.68 Å². The normalized spacial score (nSPS) is 10.7. The molecule has 3 rings (SSSR count). The van der Waals surface area contributed by atoms with Crippen molar-refractivity contribution in [1.82, 2.24) is 14.9 Å². The van der Waals surface area contributed by atoms with E-state index in [9.17, 15) is 4.79 Å². The topological polar surface area (TPSA) is 95.1 Å². The summed E-state index contributed by atoms with van der Waals surface area (Å²) in [5, 5.41) is 11.7. The van der Waals surface area contributed by atoms with Gasteiger partial charge in [0.1, 0.15) is 5.75 Å². The molecule has 0 aliphatic heterocycles. The molecule has 3 aromatic rings. The monoisotopic (exact) mass is 397 g/mol. The van der Waals surface area contributed by atoms with Crippen LogP contribution in [0.25, 0.3) is 11.4 Å². The minimum absolute atomic E-state index is 0.118. The number of amides is 1. The van der Waals surface area contributed by atoms with Crippen LogP contribution in [0.4, 0.5) is 5.69 Å². The highest BCUT2D eigenvalue weighted by atomic mass is 32.2. The van der Waals surface area contributed by atoms with Crippen LogP contribution in [0.2, 0.25) is 0 Å². The number of carbonyl (C=O) groups is 1. The molecule has 28 heavy (non-hydrogen) atoms. The van der Waals surface area contributed by atoms with E-state index in [2.05, 4.69) is 15.5 Å². The molecule has 0 bridgehead atoms. The van der Waals surface area contributed by atoms with Crippen molar-refractivity contribution >= 4 is 23.4 Å². The van der Waals surface area contributed by atoms with Crippen LogP contribution < -0.4 is 15.9 Å². The largest absolute Gasteiger partial charge is 0.494 e. The summed E-state index contributed by atoms with van der Waals surface area (Å²) in [6, 6.07) is 13.4. The molecule has 0 fully saturated rings. The lowest BCUT2D eigenvalue weighted by molar-refractivity contribution is -0.113. The van der Waals surface area contributed by atoms with Crippen LogP contribution in [-0.2, 0) is 4.79 Å². The Morgan fingerprint density at radius 2 is 1.82 bits per heavy atom. The van der Waals surface area contributed by atoms with E-state index >= 15 is 0 Å². The van der Waals surface area contributed by atoms with Gasteiger partial charge >= 0.3 is 0 Å². The van der Waals surface area contributed by atoms with E-state index in [0.29, 0.717) is 17.6 Å². The molecule has 1 amide bonds. The molecule has 1 heterocycles. The highest BCUT2D eigenvalue weighted by molar-refractivity contribution is 7.99. The number of anilines is 1. The SMILES string of the molecule is CCOc1ccc(-c2nnc(SCC(=O)Nc3c(C)cccc3C)n2N)cc1. The quantitative estimate of drug-likeness (QED) is 0.469. The number of benzene rings is 2. The van der Waals surface area contributed by atoms with E-state index in [1.807, 2.05) is 63.2 Å². The van der Waals surface area contributed by atoms with Gasteiger partial charge in [-0.1, -0.05) is 30.0 Å². The summed E-state index contributed by atoms with van der Waals surface area (Å²) in [5.41, 5.74) is 3.72. The van der Waals surface area contributed by atoms with Gasteiger partial charge in [-0.15, -0.1) is 10.2 Å². The summed E-state index contributed by atoms with van der Waals surface area (Å²) in [6.45, 7) is 6.48. The molecule has 146 valence electrons. The van der Waals surface area contributed by atoms with Crippen LogP contribution in [-0.4, -0.2) is 33.1 Å². The van der Waals surface area contributed by atoms with Crippen LogP contribution in [0.5, 0.6) is 5.75 Å². The number of nitrogens with two attached hydrogens (primary N) is 1. The fourth-order valence-electron chi connectivity index (χ4n) is 2.76. The second-order valence-corrected chi connectivity index (χ2v) is 7.18. The van der Waals surface area contributed by atoms with Crippen LogP contribution in [0.15, 0.2) is 47.6 Å². The number of hydrogen-bond acceptors (Lipinski definition) is 6. The molecule has 0 unspecified atom stereocenters. The predicted octanol–water partition coefficient (Wildman–Crippen LogP) is 3.41. The Hall–Kier alpha value is -3.00. The maximum atomic E-state index is 12.3. The number of carbonyl (C=O) groups excluding carboxylic acids is 1. The number of nitrogen functional groups attached to an aromatic ring is 1. The second kappa shape index (κ2) is 8.79. The Labute approximate surface area is 168 Å². The molecule has 0 aliphatic carbocycles. The zero-order valence-electron chi connectivity index (χ0n) is 16.1. The fourth-order valence-corrected chi connectivity index (χ4v) is 3.41. The first-order chi connectivity index (χ1) is 13.5. The smallest absolute Gasteiger partial charge is 0.234 e. The maximum absolute atomic E-state index is 12.3. The fraction of sp³-hybridized carbons (Fsp3) is 0.250. The molecular formula is C20H23N5O2S. The standard InChI is InChI=1S/C20H23N5O2S/c1-4-27-16-10-8-15(9-11-16)19-23-24-20(25(19)21)28-12-17(26)22-18-13(2)6-5-7-14(18)3/h5-11H,4,12,21H2,1-3H3,(H,22,26). The zero-order valence-corrected chi connectivity index (χ0v) is 16.9. The number of thioether (sulfide) groups is 1. The summed E-state index contributed by atoms with van der Waals surface area (Å²) in [5.74, 6) is 7.51. The summed E-state index contributed by atoms with van der Waals surface area (Å²) < 4.78 is 6.84. The molecule has 0 saturated carbocycles. The van der Waals surface area contributed by atoms with Crippen molar-refractivity contribution in [2.45, 2.75) is 25.9 Å². The first-order valence-corrected chi connectivity index (χ1v) is 9.90. The molecule has 0 atom stereocenters. The van der Waals surface area contributed by atoms with Crippen LogP contribution >= 0.6 is 11.8 Å². The van der Waals surface area contributed by atoms with E-state index in [0.717, 1.165) is 28.1 Å². The third kappa shape index (κ3) is 4.45. The number of aryl methyl sites for hydroxylation is 2. The number of ether oxygens (including phenoxy) is 1. The number of rotatable bonds is 7. The minimum Gasteiger partial charge on any atom is -0.494 e. The first-order valence-electron chi connectivity index (χ1n) is 8.92. The molecule has 0 aliphatic rings. The highest BCUT2D eigenvalue weighted by Gasteiger charge is 2.15. The van der Waals surface area contributed by atoms with Gasteiger partial charge in [0.05, 0.1) is 12.4 Å². The first kappa shape index (κ1) is 19.8. The number of nitrogens with zero attached hydrogens (tertiary/aromatic N) is 3. The highest BCUT2D eigenvalue weighted by Crippen LogP contribution is 2.24. The molecule has 0 radical (unpaired) electrons. The van der Waals surface area contributed by atoms with E-state index in [-0.39, 0.29) is 11.7 Å². The van der Waals surface area contributed by atoms with E-state index in [1.165, 1.54) is 16.4 Å². The Morgan fingerprint density at radius 3 is 2.46 bits per heavy atom. The van der Waals surface area contributed by atoms with E-state index in [4.69, 9.17) is 10.6 Å². The molecule has 3 N–H and O–H groups in total. The lowest BCUT2D eigenvalue weighted by atomic mass is 10.1. The van der Waals surface area contributed by atoms with Gasteiger partial charge in [-0.3, -0.25) is 4.79 Å². The molecule has 0 saturated heterocycles. The van der Waals surface area contributed by atoms with Crippen molar-refractivity contribution < 1.29 is 9.53 Å². The van der Waals surface area contributed by atoms with Gasteiger partial charge in [-0.05, 0) is 56.2 Å². The van der Waals surface area contributed by atoms with Gasteiger partial charge in [0.2, 0.25) is 11.1 Å². The van der Waals surface area contributed by atoms with Crippen molar-refractivity contribution in [2.75, 3.05) is 23.5 Å². The van der Waals surface area contributed by atoms with E-state index < -0.39 is 0 Å². The van der Waals surface area contributed by atoms with Crippen molar-refractivity contribution in [3.63, 3.8) is 0 Å². The molecule has 1 aromatic heterocycles. The Kier molecular flexibility index (Phi) is 6.20. The van der Waals surface area contributed by atoms with Crippen molar-refractivity contribution in [3.8, 4) is 17.1 Å². The lowest BCUT2D eigenvalue weighted by Gasteiger charge is -2.11. The minimum atomic E-state index is -0.118. The van der Waals surface area contributed by atoms with Gasteiger partial charge in [-0.2, -0.15) is 0 Å². The zero-order chi connectivity index (χ0) is 20.1. The number of hydrogen-bond donors (Lipinski definition) is 2. The van der Waals surface area contributed by atoms with Gasteiger partial charge in [0.15, 0.2) is 5.82 Å². The van der Waals surface area contributed by atoms with Crippen molar-refractivity contribution in [1.29, 1.82) is 0 Å². The summed E-state index contributed by atoms with van der Waals surface area (Å²) in [7, 11) is 0. The van der Waals surface area contributed by atoms with Gasteiger partial charge in [0, 0.05) is 11.3 Å². The molecule has 7 nitrogen and oxygen atoms in total. The summed E-state index contributed by atoms with van der Waals surface area (Å²) >= 11 is 1.24. The molecular weight excluding hydrogens is 374 g/mol. The molecule has 2 aromatic carbocycles. The maximum Gasteiger partial charge on any atom is 0.234 e. The molecule has 0 spiro atoms. The predicted molar refractivity (Wildman–Crippen MR) is 112 cm³/mol. The summed E-state index contributed by atoms with van der Waals surface area (Å²) in [6.07, 6.45) is 0. The van der Waals surface area contributed by atoms with Crippen LogP contribution in [0.3, 0.4) is 0 Å². The van der Waals surface area contributed by atoms with Crippen molar-refractivity contribution in [3.05, 3.63) is 53.6 Å². The number of aromatic nitrogens is 3. The number of nitrogens with one attached hydrogen (secondary N) is 1. The Bertz CT molecular complexity index is 949. The average Bonchev–Trinajstić information content (AvgIpc) is 3.05. The second-order valence-electron chi connectivity index (χ2n) is 6.24. The Balaban J connectivity index is 1.65. The third-order valence-electron chi connectivity index (χ3n) is 4.17. The van der Waals surface area contributed by atoms with Gasteiger partial charge < -0.3 is 15.9 Å². The van der Waals surface area contributed by atoms with E-state index in [1.54, 1.807) is 0 Å². The number of para-hydroxylation sites is 1. The molecule has 8 heteroatoms. The van der Waals surface area contributed by atoms with Crippen LogP contribution in [0, 0.1) is 13.8 Å². The van der Waals surface area contributed by atoms with Crippen molar-refractivity contribution in [2.24, 2.45) is 0 Å². The lowest BCUT2D eigenvalue weighted by Crippen LogP contribution is -2.17. The average molecular weight is 398 g/mol. The van der Waals surface area contributed by atoms with Crippen LogP contribution in [0.1, 0.15) is 18.1 Å². The third-order valence-corrected chi connectivity index (χ3v) is 5.11. The summed E-state index contributed by atoms with van der Waals surface area (Å²) in [4.78, 5) is 12.3. The van der Waals surface area contributed by atoms with Gasteiger partial charge in [0.25, 0.3) is 0 Å². The Morgan fingerprint density at radius 1 is 1.14 bits per heavy atom.